The van der Waals surface area contributed by atoms with Crippen LogP contribution in [0.1, 0.15) is 29.6 Å². The minimum absolute atomic E-state index is 0.222. The smallest absolute Gasteiger partial charge is 0.410 e. The van der Waals surface area contributed by atoms with Gasteiger partial charge in [0.15, 0.2) is 17.5 Å². The second-order valence-electron chi connectivity index (χ2n) is 7.15. The normalized spacial score (nSPS) is 17.9. The lowest BCUT2D eigenvalue weighted by Crippen LogP contribution is -2.35. The van der Waals surface area contributed by atoms with Crippen LogP contribution in [0, 0.1) is 11.3 Å². The molecule has 2 aromatic carbocycles. The van der Waals surface area contributed by atoms with Crippen molar-refractivity contribution in [3.8, 4) is 28.8 Å². The molecule has 1 N–H and O–H groups in total. The first-order valence-corrected chi connectivity index (χ1v) is 9.49. The van der Waals surface area contributed by atoms with E-state index >= 15 is 0 Å². The zero-order chi connectivity index (χ0) is 22.2. The Kier molecular flexibility index (Phi) is 5.23. The molecule has 0 bridgehead atoms. The van der Waals surface area contributed by atoms with Crippen molar-refractivity contribution >= 4 is 5.82 Å². The van der Waals surface area contributed by atoms with Crippen LogP contribution in [-0.2, 0) is 0 Å². The Morgan fingerprint density at radius 1 is 1.06 bits per heavy atom. The predicted octanol–water partition coefficient (Wildman–Crippen LogP) is 5.10. The molecule has 0 fully saturated rings. The van der Waals surface area contributed by atoms with Crippen LogP contribution < -0.4 is 14.8 Å². The van der Waals surface area contributed by atoms with Gasteiger partial charge in [-0.3, -0.25) is 0 Å². The highest BCUT2D eigenvalue weighted by molar-refractivity contribution is 5.65. The summed E-state index contributed by atoms with van der Waals surface area (Å²) in [7, 11) is 2.98. The molecule has 2 atom stereocenters. The van der Waals surface area contributed by atoms with Gasteiger partial charge in [0.25, 0.3) is 0 Å². The Morgan fingerprint density at radius 3 is 2.39 bits per heavy atom. The van der Waals surface area contributed by atoms with E-state index in [9.17, 15) is 13.2 Å². The topological polar surface area (TPSA) is 72.1 Å². The number of fused-ring (bicyclic) bond motifs is 1. The average Bonchev–Trinajstić information content (AvgIpc) is 3.21. The average molecular weight is 428 g/mol. The first kappa shape index (κ1) is 20.6. The molecule has 1 aliphatic rings. The zero-order valence-corrected chi connectivity index (χ0v) is 16.8. The van der Waals surface area contributed by atoms with E-state index in [2.05, 4.69) is 10.4 Å². The van der Waals surface area contributed by atoms with Crippen LogP contribution in [0.3, 0.4) is 0 Å². The molecule has 3 aromatic rings. The molecule has 31 heavy (non-hydrogen) atoms. The molecule has 0 amide bonds. The maximum Gasteiger partial charge on any atom is 0.410 e. The van der Waals surface area contributed by atoms with Crippen LogP contribution in [0.5, 0.6) is 11.5 Å². The summed E-state index contributed by atoms with van der Waals surface area (Å²) >= 11 is 0. The lowest BCUT2D eigenvalue weighted by Gasteiger charge is -2.33. The van der Waals surface area contributed by atoms with E-state index in [1.54, 1.807) is 48.5 Å². The van der Waals surface area contributed by atoms with E-state index in [1.807, 2.05) is 6.07 Å². The number of nitrogens with one attached hydrogen (secondary N) is 1. The molecule has 0 unspecified atom stereocenters. The summed E-state index contributed by atoms with van der Waals surface area (Å²) in [5, 5.41) is 16.3. The van der Waals surface area contributed by atoms with Crippen LogP contribution in [0.25, 0.3) is 11.3 Å². The van der Waals surface area contributed by atoms with Crippen molar-refractivity contribution in [2.75, 3.05) is 19.5 Å². The van der Waals surface area contributed by atoms with E-state index in [0.29, 0.717) is 33.9 Å². The SMILES string of the molecule is COc1ccc([C@@H]2C[C@H](C(F)(F)F)n3nc(-c4ccc(C#N)cc4)cc3N2)cc1OC. The summed E-state index contributed by atoms with van der Waals surface area (Å²) in [6.45, 7) is 0. The van der Waals surface area contributed by atoms with Crippen LogP contribution in [0.2, 0.25) is 0 Å². The van der Waals surface area contributed by atoms with Crippen LogP contribution in [0.4, 0.5) is 19.0 Å². The lowest BCUT2D eigenvalue weighted by atomic mass is 9.96. The van der Waals surface area contributed by atoms with Crippen molar-refractivity contribution in [1.29, 1.82) is 5.26 Å². The highest BCUT2D eigenvalue weighted by atomic mass is 19.4. The summed E-state index contributed by atoms with van der Waals surface area (Å²) in [6, 6.07) is 12.9. The molecule has 4 rings (SSSR count). The summed E-state index contributed by atoms with van der Waals surface area (Å²) in [6.07, 6.45) is -4.69. The maximum absolute atomic E-state index is 13.9. The number of nitrogens with zero attached hydrogens (tertiary/aromatic N) is 3. The van der Waals surface area contributed by atoms with E-state index < -0.39 is 18.3 Å². The van der Waals surface area contributed by atoms with Gasteiger partial charge in [0.2, 0.25) is 0 Å². The first-order valence-electron chi connectivity index (χ1n) is 9.49. The third-order valence-corrected chi connectivity index (χ3v) is 5.31. The number of hydrogen-bond donors (Lipinski definition) is 1. The Balaban J connectivity index is 1.73. The fourth-order valence-corrected chi connectivity index (χ4v) is 3.72. The fourth-order valence-electron chi connectivity index (χ4n) is 3.72. The number of ether oxygens (including phenoxy) is 2. The van der Waals surface area contributed by atoms with Gasteiger partial charge in [-0.15, -0.1) is 0 Å². The molecule has 160 valence electrons. The zero-order valence-electron chi connectivity index (χ0n) is 16.8. The van der Waals surface area contributed by atoms with Crippen LogP contribution in [-0.4, -0.2) is 30.2 Å². The second-order valence-corrected chi connectivity index (χ2v) is 7.15. The summed E-state index contributed by atoms with van der Waals surface area (Å²) in [5.41, 5.74) is 2.15. The van der Waals surface area contributed by atoms with Crippen LogP contribution >= 0.6 is 0 Å². The van der Waals surface area contributed by atoms with Gasteiger partial charge in [-0.2, -0.15) is 23.5 Å². The van der Waals surface area contributed by atoms with E-state index in [-0.39, 0.29) is 12.2 Å². The van der Waals surface area contributed by atoms with Gasteiger partial charge < -0.3 is 14.8 Å². The van der Waals surface area contributed by atoms with Crippen LogP contribution in [0.15, 0.2) is 48.5 Å². The number of anilines is 1. The molecule has 0 saturated heterocycles. The Hall–Kier alpha value is -3.67. The predicted molar refractivity (Wildman–Crippen MR) is 108 cm³/mol. The highest BCUT2D eigenvalue weighted by Crippen LogP contribution is 2.45. The van der Waals surface area contributed by atoms with E-state index in [1.165, 1.54) is 14.2 Å². The second kappa shape index (κ2) is 7.87. The van der Waals surface area contributed by atoms with Gasteiger partial charge in [-0.05, 0) is 29.8 Å². The quantitative estimate of drug-likeness (QED) is 0.626. The number of aromatic nitrogens is 2. The molecule has 6 nitrogen and oxygen atoms in total. The first-order chi connectivity index (χ1) is 14.8. The van der Waals surface area contributed by atoms with Gasteiger partial charge in [0.1, 0.15) is 5.82 Å². The van der Waals surface area contributed by atoms with Gasteiger partial charge in [0, 0.05) is 18.1 Å². The summed E-state index contributed by atoms with van der Waals surface area (Å²) in [4.78, 5) is 0. The van der Waals surface area contributed by atoms with Crippen molar-refractivity contribution in [2.45, 2.75) is 24.7 Å². The molecular weight excluding hydrogens is 409 g/mol. The van der Waals surface area contributed by atoms with E-state index in [4.69, 9.17) is 14.7 Å². The van der Waals surface area contributed by atoms with Crippen molar-refractivity contribution in [1.82, 2.24) is 9.78 Å². The molecule has 0 aliphatic carbocycles. The molecule has 0 spiro atoms. The third kappa shape index (κ3) is 3.89. The molecule has 1 aromatic heterocycles. The minimum Gasteiger partial charge on any atom is -0.493 e. The number of hydrogen-bond acceptors (Lipinski definition) is 5. The number of rotatable bonds is 4. The number of nitriles is 1. The molecule has 0 radical (unpaired) electrons. The van der Waals surface area contributed by atoms with Gasteiger partial charge in [-0.25, -0.2) is 4.68 Å². The summed E-state index contributed by atoms with van der Waals surface area (Å²) in [5.74, 6) is 1.22. The number of halogens is 3. The number of benzene rings is 2. The molecule has 1 aliphatic heterocycles. The standard InChI is InChI=1S/C22H19F3N4O2/c1-30-18-8-7-15(9-19(18)31-2)16-10-20(22(23,24)25)29-21(27-16)11-17(28-29)14-5-3-13(12-26)4-6-14/h3-9,11,16,20,27H,10H2,1-2H3/t16-,20+/m0/s1. The monoisotopic (exact) mass is 428 g/mol. The van der Waals surface area contributed by atoms with Gasteiger partial charge in [0.05, 0.1) is 37.6 Å². The van der Waals surface area contributed by atoms with Crippen molar-refractivity contribution in [2.24, 2.45) is 0 Å². The minimum atomic E-state index is -4.47. The van der Waals surface area contributed by atoms with Gasteiger partial charge >= 0.3 is 6.18 Å². The van der Waals surface area contributed by atoms with Crippen molar-refractivity contribution < 1.29 is 22.6 Å². The maximum atomic E-state index is 13.9. The fraction of sp³-hybridized carbons (Fsp3) is 0.273. The lowest BCUT2D eigenvalue weighted by molar-refractivity contribution is -0.173. The van der Waals surface area contributed by atoms with Gasteiger partial charge in [-0.1, -0.05) is 18.2 Å². The molecule has 9 heteroatoms. The Bertz CT molecular complexity index is 1130. The molecular formula is C22H19F3N4O2. The van der Waals surface area contributed by atoms with E-state index in [0.717, 1.165) is 4.68 Å². The Labute approximate surface area is 176 Å². The highest BCUT2D eigenvalue weighted by Gasteiger charge is 2.46. The largest absolute Gasteiger partial charge is 0.493 e. The third-order valence-electron chi connectivity index (χ3n) is 5.31. The number of methoxy groups -OCH3 is 2. The molecule has 0 saturated carbocycles. The Morgan fingerprint density at radius 2 is 1.77 bits per heavy atom. The number of alkyl halides is 3. The molecule has 2 heterocycles. The van der Waals surface area contributed by atoms with Crippen molar-refractivity contribution in [3.05, 3.63) is 59.7 Å². The van der Waals surface area contributed by atoms with Crippen molar-refractivity contribution in [3.63, 3.8) is 0 Å². The summed E-state index contributed by atoms with van der Waals surface area (Å²) < 4.78 is 53.2.